The van der Waals surface area contributed by atoms with E-state index in [-0.39, 0.29) is 16.3 Å². The number of ether oxygens (including phenoxy) is 1. The summed E-state index contributed by atoms with van der Waals surface area (Å²) in [6.45, 7) is 1.37. The van der Waals surface area contributed by atoms with Gasteiger partial charge in [-0.15, -0.1) is 0 Å². The molecular weight excluding hydrogens is 445 g/mol. The van der Waals surface area contributed by atoms with Crippen molar-refractivity contribution >= 4 is 27.3 Å². The Kier molecular flexibility index (Phi) is 6.73. The number of nitrogens with one attached hydrogen (secondary N) is 2. The van der Waals surface area contributed by atoms with Crippen LogP contribution in [0.2, 0.25) is 0 Å². The van der Waals surface area contributed by atoms with Crippen molar-refractivity contribution in [1.29, 1.82) is 0 Å². The van der Waals surface area contributed by atoms with Gasteiger partial charge in [0.15, 0.2) is 6.61 Å². The van der Waals surface area contributed by atoms with E-state index in [1.807, 2.05) is 0 Å². The molecule has 0 aliphatic rings. The van der Waals surface area contributed by atoms with Gasteiger partial charge >= 0.3 is 6.18 Å². The zero-order valence-corrected chi connectivity index (χ0v) is 17.6. The van der Waals surface area contributed by atoms with Crippen LogP contribution in [0.25, 0.3) is 0 Å². The Morgan fingerprint density at radius 3 is 2.16 bits per heavy atom. The number of sulfonamides is 1. The third-order valence-corrected chi connectivity index (χ3v) is 5.77. The minimum atomic E-state index is -4.46. The maximum atomic E-state index is 12.6. The van der Waals surface area contributed by atoms with Gasteiger partial charge in [0.1, 0.15) is 5.75 Å². The maximum Gasteiger partial charge on any atom is 0.416 e. The summed E-state index contributed by atoms with van der Waals surface area (Å²) in [5.74, 6) is -0.329. The minimum Gasteiger partial charge on any atom is -0.484 e. The van der Waals surface area contributed by atoms with Crippen molar-refractivity contribution < 1.29 is 31.1 Å². The van der Waals surface area contributed by atoms with Gasteiger partial charge in [0.2, 0.25) is 0 Å². The molecule has 0 fully saturated rings. The van der Waals surface area contributed by atoms with Crippen LogP contribution in [0, 0.1) is 6.92 Å². The van der Waals surface area contributed by atoms with Gasteiger partial charge < -0.3 is 10.1 Å². The van der Waals surface area contributed by atoms with Gasteiger partial charge in [-0.25, -0.2) is 8.42 Å². The molecule has 32 heavy (non-hydrogen) atoms. The van der Waals surface area contributed by atoms with E-state index in [1.54, 1.807) is 31.2 Å². The molecule has 10 heteroatoms. The molecular formula is C22H19F3N2O4S. The zero-order chi connectivity index (χ0) is 23.4. The molecule has 0 bridgehead atoms. The molecule has 0 saturated heterocycles. The van der Waals surface area contributed by atoms with Crippen LogP contribution in [0.1, 0.15) is 11.1 Å². The molecule has 0 heterocycles. The summed E-state index contributed by atoms with van der Waals surface area (Å²) in [6.07, 6.45) is -4.46. The van der Waals surface area contributed by atoms with Crippen LogP contribution >= 0.6 is 0 Å². The molecule has 0 radical (unpaired) electrons. The van der Waals surface area contributed by atoms with Crippen LogP contribution in [0.3, 0.4) is 0 Å². The van der Waals surface area contributed by atoms with Gasteiger partial charge in [-0.1, -0.05) is 18.2 Å². The lowest BCUT2D eigenvalue weighted by Gasteiger charge is -2.11. The van der Waals surface area contributed by atoms with Crippen LogP contribution in [0.5, 0.6) is 5.75 Å². The number of benzene rings is 3. The average Bonchev–Trinajstić information content (AvgIpc) is 2.74. The highest BCUT2D eigenvalue weighted by atomic mass is 32.2. The Balaban J connectivity index is 1.56. The van der Waals surface area contributed by atoms with Crippen molar-refractivity contribution in [3.63, 3.8) is 0 Å². The number of para-hydroxylation sites is 1. The smallest absolute Gasteiger partial charge is 0.416 e. The Hall–Kier alpha value is -3.53. The molecule has 0 aliphatic carbocycles. The molecule has 0 unspecified atom stereocenters. The van der Waals surface area contributed by atoms with Gasteiger partial charge in [-0.3, -0.25) is 9.52 Å². The molecule has 0 atom stereocenters. The number of hydrogen-bond donors (Lipinski definition) is 2. The lowest BCUT2D eigenvalue weighted by molar-refractivity contribution is -0.137. The summed E-state index contributed by atoms with van der Waals surface area (Å²) < 4.78 is 70.6. The third-order valence-electron chi connectivity index (χ3n) is 4.39. The van der Waals surface area contributed by atoms with E-state index in [1.165, 1.54) is 24.3 Å². The number of anilines is 2. The molecule has 0 aromatic heterocycles. The van der Waals surface area contributed by atoms with Gasteiger partial charge in [0, 0.05) is 5.69 Å². The van der Waals surface area contributed by atoms with Crippen molar-refractivity contribution in [2.24, 2.45) is 0 Å². The predicted molar refractivity (Wildman–Crippen MR) is 114 cm³/mol. The van der Waals surface area contributed by atoms with Gasteiger partial charge in [0.25, 0.3) is 15.9 Å². The maximum absolute atomic E-state index is 12.6. The molecule has 168 valence electrons. The summed E-state index contributed by atoms with van der Waals surface area (Å²) in [4.78, 5) is 12.0. The molecule has 0 spiro atoms. The van der Waals surface area contributed by atoms with Crippen molar-refractivity contribution in [2.45, 2.75) is 18.0 Å². The monoisotopic (exact) mass is 464 g/mol. The van der Waals surface area contributed by atoms with E-state index >= 15 is 0 Å². The van der Waals surface area contributed by atoms with Crippen LogP contribution in [-0.4, -0.2) is 20.9 Å². The highest BCUT2D eigenvalue weighted by Gasteiger charge is 2.30. The van der Waals surface area contributed by atoms with Crippen molar-refractivity contribution in [2.75, 3.05) is 16.6 Å². The fraction of sp³-hybridized carbons (Fsp3) is 0.136. The molecule has 3 aromatic carbocycles. The minimum absolute atomic E-state index is 0.0160. The standard InChI is InChI=1S/C22H19F3N2O4S/c1-15-4-2-3-5-20(15)27-32(29,30)19-12-10-18(11-13-19)31-14-21(28)26-17-8-6-16(7-9-17)22(23,24)25/h2-13,27H,14H2,1H3,(H,26,28). The second-order valence-corrected chi connectivity index (χ2v) is 8.49. The van der Waals surface area contributed by atoms with E-state index < -0.39 is 34.3 Å². The number of hydrogen-bond acceptors (Lipinski definition) is 4. The number of halogens is 3. The summed E-state index contributed by atoms with van der Waals surface area (Å²) in [5.41, 5.74) is 0.608. The highest BCUT2D eigenvalue weighted by Crippen LogP contribution is 2.29. The van der Waals surface area contributed by atoms with Crippen molar-refractivity contribution in [3.05, 3.63) is 83.9 Å². The third kappa shape index (κ3) is 6.01. The first kappa shape index (κ1) is 23.1. The van der Waals surface area contributed by atoms with Gasteiger partial charge in [0.05, 0.1) is 16.1 Å². The first-order valence-corrected chi connectivity index (χ1v) is 10.8. The van der Waals surface area contributed by atoms with E-state index in [2.05, 4.69) is 10.0 Å². The van der Waals surface area contributed by atoms with Crippen LogP contribution in [0.4, 0.5) is 24.5 Å². The summed E-state index contributed by atoms with van der Waals surface area (Å²) in [7, 11) is -3.80. The number of carbonyl (C=O) groups is 1. The number of alkyl halides is 3. The SMILES string of the molecule is Cc1ccccc1NS(=O)(=O)c1ccc(OCC(=O)Nc2ccc(C(F)(F)F)cc2)cc1. The lowest BCUT2D eigenvalue weighted by Crippen LogP contribution is -2.20. The lowest BCUT2D eigenvalue weighted by atomic mass is 10.2. The first-order chi connectivity index (χ1) is 15.0. The molecule has 2 N–H and O–H groups in total. The zero-order valence-electron chi connectivity index (χ0n) is 16.8. The first-order valence-electron chi connectivity index (χ1n) is 9.33. The van der Waals surface area contributed by atoms with Crippen LogP contribution in [-0.2, 0) is 21.0 Å². The van der Waals surface area contributed by atoms with E-state index in [0.29, 0.717) is 5.69 Å². The second kappa shape index (κ2) is 9.31. The van der Waals surface area contributed by atoms with Crippen LogP contribution < -0.4 is 14.8 Å². The summed E-state index contributed by atoms with van der Waals surface area (Å²) in [6, 6.07) is 16.4. The number of amides is 1. The Morgan fingerprint density at radius 1 is 0.938 bits per heavy atom. The summed E-state index contributed by atoms with van der Waals surface area (Å²) in [5, 5.41) is 2.42. The normalized spacial score (nSPS) is 11.6. The Morgan fingerprint density at radius 2 is 1.56 bits per heavy atom. The van der Waals surface area contributed by atoms with E-state index in [0.717, 1.165) is 29.8 Å². The molecule has 0 aliphatic heterocycles. The largest absolute Gasteiger partial charge is 0.484 e. The Bertz CT molecular complexity index is 1190. The predicted octanol–water partition coefficient (Wildman–Crippen LogP) is 4.83. The number of carbonyl (C=O) groups excluding carboxylic acids is 1. The van der Waals surface area contributed by atoms with E-state index in [4.69, 9.17) is 4.74 Å². The highest BCUT2D eigenvalue weighted by molar-refractivity contribution is 7.92. The fourth-order valence-corrected chi connectivity index (χ4v) is 3.83. The topological polar surface area (TPSA) is 84.5 Å². The number of aryl methyl sites for hydroxylation is 1. The van der Waals surface area contributed by atoms with E-state index in [9.17, 15) is 26.4 Å². The molecule has 3 rings (SSSR count). The molecule has 6 nitrogen and oxygen atoms in total. The quantitative estimate of drug-likeness (QED) is 0.525. The van der Waals surface area contributed by atoms with Crippen molar-refractivity contribution in [1.82, 2.24) is 0 Å². The number of rotatable bonds is 7. The van der Waals surface area contributed by atoms with Crippen molar-refractivity contribution in [3.8, 4) is 5.75 Å². The summed E-state index contributed by atoms with van der Waals surface area (Å²) >= 11 is 0. The van der Waals surface area contributed by atoms with Gasteiger partial charge in [-0.05, 0) is 67.1 Å². The average molecular weight is 464 g/mol. The van der Waals surface area contributed by atoms with Gasteiger partial charge in [-0.2, -0.15) is 13.2 Å². The van der Waals surface area contributed by atoms with Crippen LogP contribution in [0.15, 0.2) is 77.7 Å². The molecule has 1 amide bonds. The molecule has 0 saturated carbocycles. The molecule has 3 aromatic rings. The fourth-order valence-electron chi connectivity index (χ4n) is 2.69. The Labute approximate surface area is 183 Å². The second-order valence-electron chi connectivity index (χ2n) is 6.80.